The van der Waals surface area contributed by atoms with Gasteiger partial charge in [0, 0.05) is 7.05 Å². The van der Waals surface area contributed by atoms with Crippen molar-refractivity contribution in [2.75, 3.05) is 7.05 Å². The largest absolute Gasteiger partial charge is 0.358 e. The minimum Gasteiger partial charge on any atom is -0.358 e. The molecule has 0 saturated carbocycles. The number of nitrogens with one attached hydrogen (secondary N) is 1. The van der Waals surface area contributed by atoms with E-state index in [0.29, 0.717) is 5.69 Å². The van der Waals surface area contributed by atoms with Gasteiger partial charge in [0.15, 0.2) is 0 Å². The van der Waals surface area contributed by atoms with Crippen LogP contribution in [0.1, 0.15) is 11.1 Å². The van der Waals surface area contributed by atoms with Crippen LogP contribution in [0.25, 0.3) is 11.3 Å². The third kappa shape index (κ3) is 3.00. The van der Waals surface area contributed by atoms with E-state index in [1.807, 2.05) is 37.3 Å². The molecular weight excluding hydrogens is 266 g/mol. The molecule has 0 bridgehead atoms. The molecule has 5 heteroatoms. The van der Waals surface area contributed by atoms with Crippen molar-refractivity contribution in [3.8, 4) is 17.3 Å². The monoisotopic (exact) mass is 281 g/mol. The maximum absolute atomic E-state index is 12.3. The third-order valence-electron chi connectivity index (χ3n) is 3.22. The minimum atomic E-state index is -0.459. The Labute approximate surface area is 122 Å². The lowest BCUT2D eigenvalue weighted by molar-refractivity contribution is -0.121. The summed E-state index contributed by atoms with van der Waals surface area (Å²) in [6, 6.07) is 12.7. The number of hydrogen-bond donors (Lipinski definition) is 1. The van der Waals surface area contributed by atoms with E-state index < -0.39 is 5.56 Å². The quantitative estimate of drug-likeness (QED) is 0.925. The molecule has 0 atom stereocenters. The molecule has 0 fully saturated rings. The number of likely N-dealkylation sites (N-methyl/N-ethyl adjacent to an activating group) is 1. The number of hydrogen-bond acceptors (Lipinski definition) is 3. The Bertz CT molecular complexity index is 768. The highest BCUT2D eigenvalue weighted by Gasteiger charge is 2.12. The van der Waals surface area contributed by atoms with Crippen LogP contribution in [0, 0.1) is 18.3 Å². The Morgan fingerprint density at radius 2 is 1.90 bits per heavy atom. The van der Waals surface area contributed by atoms with Crippen LogP contribution in [-0.2, 0) is 11.3 Å². The molecule has 0 aliphatic heterocycles. The number of nitrogens with zero attached hydrogens (tertiary/aromatic N) is 2. The molecule has 0 aliphatic carbocycles. The van der Waals surface area contributed by atoms with Gasteiger partial charge in [-0.3, -0.25) is 14.2 Å². The van der Waals surface area contributed by atoms with Crippen LogP contribution in [-0.4, -0.2) is 17.5 Å². The lowest BCUT2D eigenvalue weighted by atomic mass is 10.1. The Morgan fingerprint density at radius 3 is 2.48 bits per heavy atom. The lowest BCUT2D eigenvalue weighted by Crippen LogP contribution is -2.32. The van der Waals surface area contributed by atoms with Crippen LogP contribution in [0.3, 0.4) is 0 Å². The average Bonchev–Trinajstić information content (AvgIpc) is 2.50. The molecule has 21 heavy (non-hydrogen) atoms. The van der Waals surface area contributed by atoms with Crippen LogP contribution < -0.4 is 10.9 Å². The summed E-state index contributed by atoms with van der Waals surface area (Å²) < 4.78 is 1.32. The highest BCUT2D eigenvalue weighted by atomic mass is 16.2. The summed E-state index contributed by atoms with van der Waals surface area (Å²) in [6.45, 7) is 1.86. The van der Waals surface area contributed by atoms with Gasteiger partial charge in [-0.15, -0.1) is 0 Å². The van der Waals surface area contributed by atoms with Crippen molar-refractivity contribution >= 4 is 5.91 Å². The molecule has 1 N–H and O–H groups in total. The standard InChI is InChI=1S/C16H15N3O2/c1-11-3-5-12(6-4-11)14-8-7-13(9-17)16(21)19(14)10-15(20)18-2/h3-8H,10H2,1-2H3,(H,18,20). The topological polar surface area (TPSA) is 74.9 Å². The number of aromatic nitrogens is 1. The van der Waals surface area contributed by atoms with Crippen LogP contribution in [0.5, 0.6) is 0 Å². The van der Waals surface area contributed by atoms with Crippen LogP contribution in [0.4, 0.5) is 0 Å². The van der Waals surface area contributed by atoms with Crippen molar-refractivity contribution in [3.63, 3.8) is 0 Å². The fourth-order valence-corrected chi connectivity index (χ4v) is 2.02. The van der Waals surface area contributed by atoms with Gasteiger partial charge < -0.3 is 5.32 Å². The normalized spacial score (nSPS) is 9.95. The summed E-state index contributed by atoms with van der Waals surface area (Å²) in [5.41, 5.74) is 2.11. The number of rotatable bonds is 3. The first kappa shape index (κ1) is 14.5. The number of benzene rings is 1. The van der Waals surface area contributed by atoms with Crippen LogP contribution >= 0.6 is 0 Å². The molecule has 106 valence electrons. The Balaban J connectivity index is 2.62. The Hall–Kier alpha value is -2.87. The van der Waals surface area contributed by atoms with Gasteiger partial charge in [-0.05, 0) is 24.6 Å². The maximum atomic E-state index is 12.3. The van der Waals surface area contributed by atoms with Gasteiger partial charge in [0.05, 0.1) is 5.69 Å². The third-order valence-corrected chi connectivity index (χ3v) is 3.22. The second-order valence-corrected chi connectivity index (χ2v) is 4.67. The van der Waals surface area contributed by atoms with Crippen molar-refractivity contribution < 1.29 is 4.79 Å². The predicted octanol–water partition coefficient (Wildman–Crippen LogP) is 1.44. The van der Waals surface area contributed by atoms with Gasteiger partial charge in [-0.2, -0.15) is 5.26 Å². The zero-order valence-electron chi connectivity index (χ0n) is 11.9. The van der Waals surface area contributed by atoms with Crippen molar-refractivity contribution in [1.82, 2.24) is 9.88 Å². The van der Waals surface area contributed by atoms with E-state index in [-0.39, 0.29) is 18.0 Å². The highest BCUT2D eigenvalue weighted by Crippen LogP contribution is 2.19. The molecule has 1 aromatic heterocycles. The van der Waals surface area contributed by atoms with Crippen LogP contribution in [0.2, 0.25) is 0 Å². The SMILES string of the molecule is CNC(=O)Cn1c(-c2ccc(C)cc2)ccc(C#N)c1=O. The number of amides is 1. The molecular formula is C16H15N3O2. The zero-order valence-corrected chi connectivity index (χ0v) is 11.9. The molecule has 0 aliphatic rings. The predicted molar refractivity (Wildman–Crippen MR) is 79.7 cm³/mol. The average molecular weight is 281 g/mol. The second-order valence-electron chi connectivity index (χ2n) is 4.67. The first-order valence-corrected chi connectivity index (χ1v) is 6.48. The molecule has 0 saturated heterocycles. The number of carbonyl (C=O) groups is 1. The second kappa shape index (κ2) is 6.06. The smallest absolute Gasteiger partial charge is 0.269 e. The van der Waals surface area contributed by atoms with Crippen molar-refractivity contribution in [2.45, 2.75) is 13.5 Å². The van der Waals surface area contributed by atoms with Gasteiger partial charge >= 0.3 is 0 Å². The minimum absolute atomic E-state index is 0.0229. The van der Waals surface area contributed by atoms with Crippen molar-refractivity contribution in [2.24, 2.45) is 0 Å². The van der Waals surface area contributed by atoms with Crippen molar-refractivity contribution in [1.29, 1.82) is 5.26 Å². The van der Waals surface area contributed by atoms with Crippen molar-refractivity contribution in [3.05, 3.63) is 57.9 Å². The van der Waals surface area contributed by atoms with E-state index in [2.05, 4.69) is 5.32 Å². The Morgan fingerprint density at radius 1 is 1.24 bits per heavy atom. The number of aryl methyl sites for hydroxylation is 1. The number of carbonyl (C=O) groups excluding carboxylic acids is 1. The summed E-state index contributed by atoms with van der Waals surface area (Å²) in [5, 5.41) is 11.5. The lowest BCUT2D eigenvalue weighted by Gasteiger charge is -2.13. The first-order chi connectivity index (χ1) is 10.1. The van der Waals surface area contributed by atoms with E-state index in [0.717, 1.165) is 11.1 Å². The number of pyridine rings is 1. The molecule has 1 heterocycles. The molecule has 0 spiro atoms. The fourth-order valence-electron chi connectivity index (χ4n) is 2.02. The molecule has 1 aromatic carbocycles. The van der Waals surface area contributed by atoms with Gasteiger partial charge in [0.1, 0.15) is 18.2 Å². The van der Waals surface area contributed by atoms with E-state index in [4.69, 9.17) is 5.26 Å². The molecule has 1 amide bonds. The number of nitriles is 1. The summed E-state index contributed by atoms with van der Waals surface area (Å²) in [7, 11) is 1.51. The van der Waals surface area contributed by atoms with Gasteiger partial charge in [-0.25, -0.2) is 0 Å². The van der Waals surface area contributed by atoms with E-state index >= 15 is 0 Å². The summed E-state index contributed by atoms with van der Waals surface area (Å²) >= 11 is 0. The first-order valence-electron chi connectivity index (χ1n) is 6.48. The van der Waals surface area contributed by atoms with E-state index in [1.165, 1.54) is 17.7 Å². The maximum Gasteiger partial charge on any atom is 0.269 e. The molecule has 2 rings (SSSR count). The summed E-state index contributed by atoms with van der Waals surface area (Å²) in [4.78, 5) is 23.9. The molecule has 5 nitrogen and oxygen atoms in total. The molecule has 2 aromatic rings. The van der Waals surface area contributed by atoms with Gasteiger partial charge in [-0.1, -0.05) is 29.8 Å². The molecule has 0 unspecified atom stereocenters. The van der Waals surface area contributed by atoms with Gasteiger partial charge in [0.25, 0.3) is 5.56 Å². The van der Waals surface area contributed by atoms with E-state index in [9.17, 15) is 9.59 Å². The summed E-state index contributed by atoms with van der Waals surface area (Å²) in [6.07, 6.45) is 0. The van der Waals surface area contributed by atoms with Crippen LogP contribution in [0.15, 0.2) is 41.2 Å². The molecule has 0 radical (unpaired) electrons. The fraction of sp³-hybridized carbons (Fsp3) is 0.188. The highest BCUT2D eigenvalue weighted by molar-refractivity contribution is 5.76. The Kier molecular flexibility index (Phi) is 4.19. The zero-order chi connectivity index (χ0) is 15.4. The van der Waals surface area contributed by atoms with E-state index in [1.54, 1.807) is 6.07 Å². The summed E-state index contributed by atoms with van der Waals surface area (Å²) in [5.74, 6) is -0.291. The van der Waals surface area contributed by atoms with Gasteiger partial charge in [0.2, 0.25) is 5.91 Å².